The summed E-state index contributed by atoms with van der Waals surface area (Å²) in [6.45, 7) is 3.71. The quantitative estimate of drug-likeness (QED) is 0.490. The van der Waals surface area contributed by atoms with E-state index in [-0.39, 0.29) is 16.3 Å². The topological polar surface area (TPSA) is 128 Å². The van der Waals surface area contributed by atoms with Crippen LogP contribution in [0.3, 0.4) is 0 Å². The minimum absolute atomic E-state index is 0.0228. The van der Waals surface area contributed by atoms with Crippen LogP contribution in [0.5, 0.6) is 0 Å². The Hall–Kier alpha value is -3.92. The molecule has 3 heterocycles. The maximum absolute atomic E-state index is 12.9. The summed E-state index contributed by atoms with van der Waals surface area (Å²) in [5, 5.41) is 2.74. The van der Waals surface area contributed by atoms with Crippen molar-refractivity contribution in [2.45, 2.75) is 18.7 Å². The monoisotopic (exact) mass is 449 g/mol. The minimum atomic E-state index is -3.33. The number of carbonyl (C=O) groups is 1. The van der Waals surface area contributed by atoms with E-state index in [2.05, 4.69) is 25.3 Å². The summed E-state index contributed by atoms with van der Waals surface area (Å²) in [4.78, 5) is 30.2. The van der Waals surface area contributed by atoms with E-state index in [1.165, 1.54) is 12.1 Å². The van der Waals surface area contributed by atoms with Crippen molar-refractivity contribution in [2.75, 3.05) is 11.6 Å². The van der Waals surface area contributed by atoms with Crippen LogP contribution in [0.15, 0.2) is 64.5 Å². The number of hydrogen-bond donors (Lipinski definition) is 1. The lowest BCUT2D eigenvalue weighted by Crippen LogP contribution is -2.15. The maximum atomic E-state index is 12.9. The summed E-state index contributed by atoms with van der Waals surface area (Å²) < 4.78 is 28.7. The lowest BCUT2D eigenvalue weighted by molar-refractivity contribution is 0.0997. The van der Waals surface area contributed by atoms with E-state index in [4.69, 9.17) is 4.42 Å². The highest BCUT2D eigenvalue weighted by Crippen LogP contribution is 2.25. The van der Waals surface area contributed by atoms with Crippen molar-refractivity contribution in [1.82, 2.24) is 19.9 Å². The van der Waals surface area contributed by atoms with E-state index in [9.17, 15) is 13.2 Å². The molecule has 3 aromatic heterocycles. The zero-order chi connectivity index (χ0) is 22.9. The SMILES string of the molecule is Cc1ccnc(-c2ncc(C)c(NC(=O)c3ocnc3-c3ccc(S(C)(=O)=O)cc3)n2)c1. The Balaban J connectivity index is 1.62. The molecule has 0 unspecified atom stereocenters. The van der Waals surface area contributed by atoms with Crippen LogP contribution in [-0.4, -0.2) is 40.5 Å². The van der Waals surface area contributed by atoms with Crippen molar-refractivity contribution < 1.29 is 17.6 Å². The number of nitrogens with one attached hydrogen (secondary N) is 1. The number of aryl methyl sites for hydroxylation is 2. The predicted octanol–water partition coefficient (Wildman–Crippen LogP) is 3.47. The Morgan fingerprint density at radius 1 is 1.03 bits per heavy atom. The molecule has 0 aliphatic heterocycles. The van der Waals surface area contributed by atoms with Crippen LogP contribution in [0.1, 0.15) is 21.7 Å². The van der Waals surface area contributed by atoms with E-state index in [1.54, 1.807) is 31.5 Å². The van der Waals surface area contributed by atoms with Crippen LogP contribution in [0.4, 0.5) is 5.82 Å². The lowest BCUT2D eigenvalue weighted by Gasteiger charge is -2.09. The first-order chi connectivity index (χ1) is 15.2. The van der Waals surface area contributed by atoms with Gasteiger partial charge in [-0.3, -0.25) is 9.78 Å². The van der Waals surface area contributed by atoms with E-state index in [0.29, 0.717) is 28.5 Å². The number of nitrogens with zero attached hydrogens (tertiary/aromatic N) is 4. The van der Waals surface area contributed by atoms with Crippen LogP contribution < -0.4 is 5.32 Å². The second-order valence-electron chi connectivity index (χ2n) is 7.22. The summed E-state index contributed by atoms with van der Waals surface area (Å²) >= 11 is 0. The molecule has 1 amide bonds. The normalized spacial score (nSPS) is 11.3. The third kappa shape index (κ3) is 4.40. The van der Waals surface area contributed by atoms with Gasteiger partial charge in [-0.05, 0) is 43.7 Å². The molecule has 32 heavy (non-hydrogen) atoms. The summed E-state index contributed by atoms with van der Waals surface area (Å²) in [5.41, 5.74) is 3.09. The summed E-state index contributed by atoms with van der Waals surface area (Å²) in [5.74, 6) is 0.127. The van der Waals surface area contributed by atoms with Gasteiger partial charge in [-0.2, -0.15) is 0 Å². The van der Waals surface area contributed by atoms with Gasteiger partial charge < -0.3 is 9.73 Å². The Morgan fingerprint density at radius 2 is 1.78 bits per heavy atom. The van der Waals surface area contributed by atoms with Gasteiger partial charge in [0.25, 0.3) is 5.91 Å². The number of rotatable bonds is 5. The molecule has 0 aliphatic rings. The molecular formula is C22H19N5O4S. The van der Waals surface area contributed by atoms with Crippen LogP contribution in [-0.2, 0) is 9.84 Å². The average Bonchev–Trinajstić information content (AvgIpc) is 3.25. The average molecular weight is 449 g/mol. The Bertz CT molecular complexity index is 1410. The first kappa shape index (κ1) is 21.3. The molecule has 4 aromatic rings. The molecule has 1 N–H and O–H groups in total. The highest BCUT2D eigenvalue weighted by atomic mass is 32.2. The molecule has 10 heteroatoms. The van der Waals surface area contributed by atoms with Crippen molar-refractivity contribution >= 4 is 21.6 Å². The van der Waals surface area contributed by atoms with Gasteiger partial charge in [0.15, 0.2) is 22.1 Å². The number of hydrogen-bond acceptors (Lipinski definition) is 8. The van der Waals surface area contributed by atoms with Crippen LogP contribution in [0.25, 0.3) is 22.8 Å². The van der Waals surface area contributed by atoms with Gasteiger partial charge in [0.1, 0.15) is 17.2 Å². The highest BCUT2D eigenvalue weighted by Gasteiger charge is 2.21. The second kappa shape index (κ2) is 8.31. The first-order valence-electron chi connectivity index (χ1n) is 9.54. The van der Waals surface area contributed by atoms with Crippen LogP contribution in [0.2, 0.25) is 0 Å². The summed E-state index contributed by atoms with van der Waals surface area (Å²) in [6.07, 6.45) is 5.56. The third-order valence-corrected chi connectivity index (χ3v) is 5.81. The largest absolute Gasteiger partial charge is 0.438 e. The molecule has 9 nitrogen and oxygen atoms in total. The van der Waals surface area contributed by atoms with Crippen LogP contribution in [0, 0.1) is 13.8 Å². The van der Waals surface area contributed by atoms with Crippen LogP contribution >= 0.6 is 0 Å². The standard InChI is InChI=1S/C22H19N5O4S/c1-13-8-9-23-17(10-13)21-24-11-14(2)20(26-21)27-22(28)19-18(25-12-31-19)15-4-6-16(7-5-15)32(3,29)30/h4-12H,1-3H3,(H,24,26,27,28). The van der Waals surface area contributed by atoms with Gasteiger partial charge in [0.05, 0.1) is 4.90 Å². The molecule has 0 fully saturated rings. The Morgan fingerprint density at radius 3 is 2.47 bits per heavy atom. The van der Waals surface area contributed by atoms with Crippen molar-refractivity contribution in [1.29, 1.82) is 0 Å². The molecule has 4 rings (SSSR count). The predicted molar refractivity (Wildman–Crippen MR) is 118 cm³/mol. The molecule has 162 valence electrons. The number of carbonyl (C=O) groups excluding carboxylic acids is 1. The van der Waals surface area contributed by atoms with E-state index >= 15 is 0 Å². The van der Waals surface area contributed by atoms with Gasteiger partial charge in [-0.1, -0.05) is 12.1 Å². The third-order valence-electron chi connectivity index (χ3n) is 4.68. The number of pyridine rings is 1. The van der Waals surface area contributed by atoms with Gasteiger partial charge in [0, 0.05) is 29.8 Å². The molecule has 0 saturated carbocycles. The fraction of sp³-hybridized carbons (Fsp3) is 0.136. The summed E-state index contributed by atoms with van der Waals surface area (Å²) in [7, 11) is -3.33. The van der Waals surface area contributed by atoms with E-state index in [0.717, 1.165) is 18.2 Å². The molecule has 0 bridgehead atoms. The molecule has 0 aliphatic carbocycles. The molecule has 0 saturated heterocycles. The van der Waals surface area contributed by atoms with Gasteiger partial charge >= 0.3 is 0 Å². The fourth-order valence-corrected chi connectivity index (χ4v) is 3.62. The first-order valence-corrected chi connectivity index (χ1v) is 11.4. The second-order valence-corrected chi connectivity index (χ2v) is 9.24. The smallest absolute Gasteiger partial charge is 0.294 e. The highest BCUT2D eigenvalue weighted by molar-refractivity contribution is 7.90. The Kier molecular flexibility index (Phi) is 5.54. The van der Waals surface area contributed by atoms with E-state index < -0.39 is 15.7 Å². The molecule has 1 aromatic carbocycles. The van der Waals surface area contributed by atoms with Gasteiger partial charge in [0.2, 0.25) is 5.76 Å². The lowest BCUT2D eigenvalue weighted by atomic mass is 10.1. The minimum Gasteiger partial charge on any atom is -0.438 e. The number of benzene rings is 1. The van der Waals surface area contributed by atoms with Crippen molar-refractivity contribution in [2.24, 2.45) is 0 Å². The Labute approximate surface area is 184 Å². The zero-order valence-electron chi connectivity index (χ0n) is 17.5. The van der Waals surface area contributed by atoms with Gasteiger partial charge in [-0.25, -0.2) is 23.4 Å². The number of sulfone groups is 1. The van der Waals surface area contributed by atoms with Crippen molar-refractivity contribution in [3.63, 3.8) is 0 Å². The number of amides is 1. The molecular weight excluding hydrogens is 430 g/mol. The maximum Gasteiger partial charge on any atom is 0.294 e. The number of anilines is 1. The number of aromatic nitrogens is 4. The number of oxazole rings is 1. The zero-order valence-corrected chi connectivity index (χ0v) is 18.3. The molecule has 0 radical (unpaired) electrons. The van der Waals surface area contributed by atoms with Crippen molar-refractivity contribution in [3.05, 3.63) is 72.1 Å². The summed E-state index contributed by atoms with van der Waals surface area (Å²) in [6, 6.07) is 9.78. The molecule has 0 atom stereocenters. The van der Waals surface area contributed by atoms with Crippen molar-refractivity contribution in [3.8, 4) is 22.8 Å². The fourth-order valence-electron chi connectivity index (χ4n) is 2.99. The molecule has 0 spiro atoms. The van der Waals surface area contributed by atoms with Gasteiger partial charge in [-0.15, -0.1) is 0 Å². The van der Waals surface area contributed by atoms with E-state index in [1.807, 2.05) is 19.1 Å².